The third-order valence-corrected chi connectivity index (χ3v) is 4.35. The molecule has 1 fully saturated rings. The molecule has 8 nitrogen and oxygen atoms in total. The number of carbonyl (C=O) groups is 3. The zero-order valence-electron chi connectivity index (χ0n) is 13.7. The highest BCUT2D eigenvalue weighted by Gasteiger charge is 2.29. The number of imide groups is 1. The Morgan fingerprint density at radius 1 is 1.25 bits per heavy atom. The predicted octanol–water partition coefficient (Wildman–Crippen LogP) is -0.126. The van der Waals surface area contributed by atoms with Gasteiger partial charge in [-0.2, -0.15) is 0 Å². The summed E-state index contributed by atoms with van der Waals surface area (Å²) in [5.41, 5.74) is 3.43. The number of urea groups is 1. The molecule has 1 aromatic rings. The molecule has 2 N–H and O–H groups in total. The van der Waals surface area contributed by atoms with Crippen LogP contribution >= 0.6 is 0 Å². The molecule has 0 spiro atoms. The Balaban J connectivity index is 1.51. The van der Waals surface area contributed by atoms with E-state index in [1.807, 2.05) is 6.92 Å². The van der Waals surface area contributed by atoms with Crippen molar-refractivity contribution in [3.8, 4) is 0 Å². The minimum atomic E-state index is -0.524. The predicted molar refractivity (Wildman–Crippen MR) is 85.2 cm³/mol. The number of aryl methyl sites for hydroxylation is 2. The zero-order chi connectivity index (χ0) is 17.1. The highest BCUT2D eigenvalue weighted by Crippen LogP contribution is 2.21. The van der Waals surface area contributed by atoms with Gasteiger partial charge in [0.1, 0.15) is 12.4 Å². The molecule has 1 aliphatic heterocycles. The molecule has 1 saturated heterocycles. The van der Waals surface area contributed by atoms with Gasteiger partial charge in [0.05, 0.1) is 6.54 Å². The van der Waals surface area contributed by atoms with E-state index in [0.717, 1.165) is 41.4 Å². The molecule has 2 heterocycles. The Labute approximate surface area is 140 Å². The van der Waals surface area contributed by atoms with Gasteiger partial charge in [0.2, 0.25) is 5.91 Å². The summed E-state index contributed by atoms with van der Waals surface area (Å²) in [5, 5.41) is 5.09. The van der Waals surface area contributed by atoms with Crippen LogP contribution in [0.15, 0.2) is 0 Å². The van der Waals surface area contributed by atoms with Crippen LogP contribution in [0.5, 0.6) is 0 Å². The summed E-state index contributed by atoms with van der Waals surface area (Å²) in [6, 6.07) is -0.524. The maximum absolute atomic E-state index is 11.9. The molecule has 0 unspecified atom stereocenters. The summed E-state index contributed by atoms with van der Waals surface area (Å²) in [6.45, 7) is 2.08. The monoisotopic (exact) mass is 331 g/mol. The van der Waals surface area contributed by atoms with Gasteiger partial charge in [0.15, 0.2) is 0 Å². The van der Waals surface area contributed by atoms with E-state index in [0.29, 0.717) is 13.0 Å². The van der Waals surface area contributed by atoms with Crippen LogP contribution in [0.1, 0.15) is 35.6 Å². The minimum Gasteiger partial charge on any atom is -0.354 e. The molecule has 0 radical (unpaired) electrons. The van der Waals surface area contributed by atoms with Crippen molar-refractivity contribution in [3.05, 3.63) is 22.8 Å². The molecule has 8 heteroatoms. The summed E-state index contributed by atoms with van der Waals surface area (Å²) >= 11 is 0. The van der Waals surface area contributed by atoms with Crippen molar-refractivity contribution in [2.45, 2.75) is 39.0 Å². The number of rotatable bonds is 5. The fourth-order valence-corrected chi connectivity index (χ4v) is 3.08. The molecular formula is C16H21N5O3. The second kappa shape index (κ2) is 6.94. The number of nitrogens with one attached hydrogen (secondary N) is 2. The fraction of sp³-hybridized carbons (Fsp3) is 0.562. The molecule has 4 amide bonds. The summed E-state index contributed by atoms with van der Waals surface area (Å²) < 4.78 is 0. The topological polar surface area (TPSA) is 104 Å². The first-order valence-corrected chi connectivity index (χ1v) is 8.25. The highest BCUT2D eigenvalue weighted by molar-refractivity contribution is 6.04. The lowest BCUT2D eigenvalue weighted by Crippen LogP contribution is -2.41. The number of carbonyl (C=O) groups excluding carboxylic acids is 3. The first kappa shape index (κ1) is 16.4. The van der Waals surface area contributed by atoms with Gasteiger partial charge in [-0.25, -0.2) is 14.8 Å². The summed E-state index contributed by atoms with van der Waals surface area (Å²) in [7, 11) is 0. The van der Waals surface area contributed by atoms with Gasteiger partial charge in [-0.05, 0) is 38.2 Å². The van der Waals surface area contributed by atoms with Crippen LogP contribution in [0, 0.1) is 6.92 Å². The Morgan fingerprint density at radius 2 is 2.04 bits per heavy atom. The Morgan fingerprint density at radius 3 is 2.79 bits per heavy atom. The maximum Gasteiger partial charge on any atom is 0.325 e. The number of aromatic nitrogens is 2. The van der Waals surface area contributed by atoms with Crippen LogP contribution in [-0.4, -0.2) is 52.3 Å². The molecule has 1 aromatic heterocycles. The van der Waals surface area contributed by atoms with E-state index in [1.165, 1.54) is 12.0 Å². The molecule has 1 aliphatic carbocycles. The third-order valence-electron chi connectivity index (χ3n) is 4.35. The molecule has 0 aromatic carbocycles. The lowest BCUT2D eigenvalue weighted by atomic mass is 9.95. The molecule has 3 rings (SSSR count). The zero-order valence-corrected chi connectivity index (χ0v) is 13.7. The Kier molecular flexibility index (Phi) is 4.73. The maximum atomic E-state index is 11.9. The van der Waals surface area contributed by atoms with Gasteiger partial charge in [0.25, 0.3) is 5.91 Å². The largest absolute Gasteiger partial charge is 0.354 e. The van der Waals surface area contributed by atoms with Crippen molar-refractivity contribution >= 4 is 17.8 Å². The summed E-state index contributed by atoms with van der Waals surface area (Å²) in [5.74, 6) is -0.0256. The molecular weight excluding hydrogens is 310 g/mol. The van der Waals surface area contributed by atoms with E-state index in [9.17, 15) is 14.4 Å². The standard InChI is InChI=1S/C16H21N5O3/c1-10-11-4-2-3-5-12(11)20-13(19-10)6-7-17-14(22)9-21-15(23)8-18-16(21)24/h2-9H2,1H3,(H,17,22)(H,18,24). The van der Waals surface area contributed by atoms with Crippen molar-refractivity contribution in [3.63, 3.8) is 0 Å². The number of hydrogen-bond acceptors (Lipinski definition) is 5. The second-order valence-corrected chi connectivity index (χ2v) is 6.10. The van der Waals surface area contributed by atoms with Crippen LogP contribution < -0.4 is 10.6 Å². The van der Waals surface area contributed by atoms with Crippen LogP contribution in [0.2, 0.25) is 0 Å². The number of hydrogen-bond donors (Lipinski definition) is 2. The molecule has 0 saturated carbocycles. The molecule has 0 atom stereocenters. The van der Waals surface area contributed by atoms with E-state index in [-0.39, 0.29) is 24.9 Å². The molecule has 128 valence electrons. The van der Waals surface area contributed by atoms with Crippen LogP contribution in [0.4, 0.5) is 4.79 Å². The second-order valence-electron chi connectivity index (χ2n) is 6.10. The lowest BCUT2D eigenvalue weighted by molar-refractivity contribution is -0.130. The van der Waals surface area contributed by atoms with Crippen LogP contribution in [-0.2, 0) is 28.9 Å². The average molecular weight is 331 g/mol. The summed E-state index contributed by atoms with van der Waals surface area (Å²) in [6.07, 6.45) is 4.91. The molecule has 2 aliphatic rings. The van der Waals surface area contributed by atoms with Crippen molar-refractivity contribution < 1.29 is 14.4 Å². The van der Waals surface area contributed by atoms with E-state index in [4.69, 9.17) is 0 Å². The number of fused-ring (bicyclic) bond motifs is 1. The normalized spacial score (nSPS) is 16.8. The van der Waals surface area contributed by atoms with Gasteiger partial charge < -0.3 is 10.6 Å². The van der Waals surface area contributed by atoms with Crippen LogP contribution in [0.3, 0.4) is 0 Å². The molecule has 24 heavy (non-hydrogen) atoms. The first-order chi connectivity index (χ1) is 11.5. The van der Waals surface area contributed by atoms with Crippen LogP contribution in [0.25, 0.3) is 0 Å². The van der Waals surface area contributed by atoms with Crippen molar-refractivity contribution in [2.75, 3.05) is 19.6 Å². The Bertz CT molecular complexity index is 673. The van der Waals surface area contributed by atoms with Gasteiger partial charge in [-0.3, -0.25) is 14.5 Å². The van der Waals surface area contributed by atoms with Crippen molar-refractivity contribution in [1.82, 2.24) is 25.5 Å². The van der Waals surface area contributed by atoms with Gasteiger partial charge >= 0.3 is 6.03 Å². The highest BCUT2D eigenvalue weighted by atomic mass is 16.2. The van der Waals surface area contributed by atoms with E-state index >= 15 is 0 Å². The van der Waals surface area contributed by atoms with E-state index in [2.05, 4.69) is 20.6 Å². The molecule has 0 bridgehead atoms. The minimum absolute atomic E-state index is 0.0473. The summed E-state index contributed by atoms with van der Waals surface area (Å²) in [4.78, 5) is 44.7. The average Bonchev–Trinajstić information content (AvgIpc) is 2.87. The Hall–Kier alpha value is -2.51. The fourth-order valence-electron chi connectivity index (χ4n) is 3.08. The SMILES string of the molecule is Cc1nc(CCNC(=O)CN2C(=O)CNC2=O)nc2c1CCCC2. The van der Waals surface area contributed by atoms with Gasteiger partial charge in [0, 0.05) is 24.4 Å². The van der Waals surface area contributed by atoms with Gasteiger partial charge in [-0.15, -0.1) is 0 Å². The number of amides is 4. The smallest absolute Gasteiger partial charge is 0.325 e. The van der Waals surface area contributed by atoms with Crippen molar-refractivity contribution in [1.29, 1.82) is 0 Å². The van der Waals surface area contributed by atoms with Gasteiger partial charge in [-0.1, -0.05) is 0 Å². The number of nitrogens with zero attached hydrogens (tertiary/aromatic N) is 3. The van der Waals surface area contributed by atoms with E-state index < -0.39 is 6.03 Å². The third kappa shape index (κ3) is 3.52. The first-order valence-electron chi connectivity index (χ1n) is 8.25. The van der Waals surface area contributed by atoms with Crippen molar-refractivity contribution in [2.24, 2.45) is 0 Å². The quantitative estimate of drug-likeness (QED) is 0.732. The lowest BCUT2D eigenvalue weighted by Gasteiger charge is -2.17. The van der Waals surface area contributed by atoms with E-state index in [1.54, 1.807) is 0 Å².